The molecule has 0 aliphatic heterocycles. The fourth-order valence-corrected chi connectivity index (χ4v) is 5.94. The summed E-state index contributed by atoms with van der Waals surface area (Å²) in [7, 11) is -2.66. The fourth-order valence-electron chi connectivity index (χ4n) is 4.13. The van der Waals surface area contributed by atoms with Crippen molar-refractivity contribution in [3.8, 4) is 0 Å². The highest BCUT2D eigenvalue weighted by Gasteiger charge is 2.39. The maximum atomic E-state index is 13.7. The van der Waals surface area contributed by atoms with Gasteiger partial charge in [0.15, 0.2) is 0 Å². The Morgan fingerprint density at radius 1 is 1.03 bits per heavy atom. The lowest BCUT2D eigenvalue weighted by Gasteiger charge is -2.34. The van der Waals surface area contributed by atoms with Crippen LogP contribution in [0.25, 0.3) is 0 Å². The molecular formula is C23H27ClN2O5S. The summed E-state index contributed by atoms with van der Waals surface area (Å²) in [4.78, 5) is 24.1. The third kappa shape index (κ3) is 5.49. The van der Waals surface area contributed by atoms with Crippen molar-refractivity contribution in [3.63, 3.8) is 0 Å². The van der Waals surface area contributed by atoms with Gasteiger partial charge in [-0.05, 0) is 54.8 Å². The molecule has 0 radical (unpaired) electrons. The first-order chi connectivity index (χ1) is 15.2. The number of nitrogens with two attached hydrogens (primary N) is 1. The van der Waals surface area contributed by atoms with E-state index in [9.17, 15) is 18.0 Å². The van der Waals surface area contributed by atoms with Crippen molar-refractivity contribution in [2.45, 2.75) is 49.6 Å². The van der Waals surface area contributed by atoms with Crippen LogP contribution in [-0.4, -0.2) is 37.8 Å². The first-order valence-electron chi connectivity index (χ1n) is 10.5. The molecule has 2 aromatic rings. The third-order valence-corrected chi connectivity index (χ3v) is 7.99. The van der Waals surface area contributed by atoms with Crippen LogP contribution in [0.3, 0.4) is 0 Å². The van der Waals surface area contributed by atoms with Crippen molar-refractivity contribution in [3.05, 3.63) is 64.7 Å². The number of ether oxygens (including phenoxy) is 1. The molecule has 3 rings (SSSR count). The largest absolute Gasteiger partial charge is 0.465 e. The van der Waals surface area contributed by atoms with Crippen molar-refractivity contribution in [1.82, 2.24) is 4.31 Å². The van der Waals surface area contributed by atoms with Gasteiger partial charge >= 0.3 is 5.97 Å². The molecular weight excluding hydrogens is 452 g/mol. The number of carbonyl (C=O) groups is 2. The summed E-state index contributed by atoms with van der Waals surface area (Å²) in [6.07, 6.45) is 3.65. The average molecular weight is 479 g/mol. The van der Waals surface area contributed by atoms with Gasteiger partial charge < -0.3 is 10.5 Å². The van der Waals surface area contributed by atoms with Gasteiger partial charge in [-0.3, -0.25) is 4.79 Å². The Labute approximate surface area is 193 Å². The van der Waals surface area contributed by atoms with Crippen LogP contribution in [0.5, 0.6) is 0 Å². The number of benzene rings is 2. The Morgan fingerprint density at radius 2 is 1.66 bits per heavy atom. The van der Waals surface area contributed by atoms with Crippen LogP contribution in [0, 0.1) is 5.92 Å². The highest BCUT2D eigenvalue weighted by atomic mass is 35.5. The van der Waals surface area contributed by atoms with E-state index in [2.05, 4.69) is 0 Å². The van der Waals surface area contributed by atoms with Crippen molar-refractivity contribution in [2.24, 2.45) is 11.7 Å². The minimum atomic E-state index is -3.95. The number of esters is 1. The van der Waals surface area contributed by atoms with Gasteiger partial charge in [0.25, 0.3) is 0 Å². The van der Waals surface area contributed by atoms with Crippen molar-refractivity contribution in [1.29, 1.82) is 0 Å². The summed E-state index contributed by atoms with van der Waals surface area (Å²) in [5, 5.41) is 0.429. The van der Waals surface area contributed by atoms with Crippen molar-refractivity contribution < 1.29 is 22.7 Å². The maximum Gasteiger partial charge on any atom is 0.337 e. The predicted molar refractivity (Wildman–Crippen MR) is 122 cm³/mol. The first-order valence-corrected chi connectivity index (χ1v) is 12.3. The second-order valence-electron chi connectivity index (χ2n) is 7.91. The fraction of sp³-hybridized carbons (Fsp3) is 0.391. The van der Waals surface area contributed by atoms with Crippen LogP contribution in [-0.2, 0) is 26.1 Å². The summed E-state index contributed by atoms with van der Waals surface area (Å²) in [5.74, 6) is -1.54. The minimum absolute atomic E-state index is 0.0425. The molecule has 0 aromatic heterocycles. The monoisotopic (exact) mass is 478 g/mol. The van der Waals surface area contributed by atoms with Crippen LogP contribution in [0.4, 0.5) is 0 Å². The highest BCUT2D eigenvalue weighted by molar-refractivity contribution is 7.89. The van der Waals surface area contributed by atoms with Gasteiger partial charge in [0.05, 0.1) is 23.5 Å². The Hall–Kier alpha value is -2.42. The first kappa shape index (κ1) is 24.2. The second kappa shape index (κ2) is 10.5. The molecule has 1 amide bonds. The van der Waals surface area contributed by atoms with Gasteiger partial charge in [0, 0.05) is 17.6 Å². The number of hydrogen-bond acceptors (Lipinski definition) is 5. The Balaban J connectivity index is 2.03. The molecule has 2 atom stereocenters. The molecule has 32 heavy (non-hydrogen) atoms. The minimum Gasteiger partial charge on any atom is -0.465 e. The van der Waals surface area contributed by atoms with E-state index in [0.29, 0.717) is 29.0 Å². The van der Waals surface area contributed by atoms with E-state index in [4.69, 9.17) is 22.1 Å². The standard InChI is InChI=1S/C23H27ClN2O5S/c1-31-23(28)17-9-7-16(8-10-17)15-26(21-6-4-2-3-5-20(21)22(25)27)32(29,30)19-13-11-18(24)12-14-19/h7-14,20-21H,2-6,15H2,1H3,(H2,25,27)/t20-,21+/m0/s1. The molecule has 2 aromatic carbocycles. The number of primary amides is 1. The van der Waals surface area contributed by atoms with Gasteiger partial charge in [-0.25, -0.2) is 13.2 Å². The number of carbonyl (C=O) groups excluding carboxylic acids is 2. The van der Waals surface area contributed by atoms with Gasteiger partial charge in [-0.2, -0.15) is 4.31 Å². The maximum absolute atomic E-state index is 13.7. The molecule has 172 valence electrons. The second-order valence-corrected chi connectivity index (χ2v) is 10.2. The van der Waals surface area contributed by atoms with E-state index in [-0.39, 0.29) is 11.4 Å². The van der Waals surface area contributed by atoms with Crippen LogP contribution < -0.4 is 5.73 Å². The Morgan fingerprint density at radius 3 is 2.25 bits per heavy atom. The molecule has 0 saturated heterocycles. The zero-order valence-electron chi connectivity index (χ0n) is 17.9. The molecule has 0 unspecified atom stereocenters. The van der Waals surface area contributed by atoms with Crippen LogP contribution in [0.2, 0.25) is 5.02 Å². The zero-order chi connectivity index (χ0) is 23.3. The summed E-state index contributed by atoms with van der Waals surface area (Å²) in [6, 6.07) is 12.0. The summed E-state index contributed by atoms with van der Waals surface area (Å²) in [6.45, 7) is 0.0425. The number of amides is 1. The topological polar surface area (TPSA) is 107 Å². The van der Waals surface area contributed by atoms with E-state index in [1.165, 1.54) is 35.7 Å². The van der Waals surface area contributed by atoms with Gasteiger partial charge in [0.1, 0.15) is 0 Å². The molecule has 7 nitrogen and oxygen atoms in total. The number of rotatable bonds is 7. The smallest absolute Gasteiger partial charge is 0.337 e. The third-order valence-electron chi connectivity index (χ3n) is 5.85. The van der Waals surface area contributed by atoms with Crippen molar-refractivity contribution in [2.75, 3.05) is 7.11 Å². The molecule has 1 fully saturated rings. The highest BCUT2D eigenvalue weighted by Crippen LogP contribution is 2.33. The molecule has 1 aliphatic rings. The molecule has 1 saturated carbocycles. The SMILES string of the molecule is COC(=O)c1ccc(CN([C@@H]2CCCCC[C@@H]2C(N)=O)S(=O)(=O)c2ccc(Cl)cc2)cc1. The van der Waals surface area contributed by atoms with E-state index < -0.39 is 33.9 Å². The lowest BCUT2D eigenvalue weighted by molar-refractivity contribution is -0.123. The molecule has 0 bridgehead atoms. The number of halogens is 1. The van der Waals surface area contributed by atoms with Gasteiger partial charge in [0.2, 0.25) is 15.9 Å². The Bertz CT molecular complexity index is 1050. The average Bonchev–Trinajstić information content (AvgIpc) is 3.03. The molecule has 0 spiro atoms. The number of hydrogen-bond donors (Lipinski definition) is 1. The molecule has 0 heterocycles. The van der Waals surface area contributed by atoms with Crippen LogP contribution in [0.1, 0.15) is 48.0 Å². The van der Waals surface area contributed by atoms with Gasteiger partial charge in [-0.15, -0.1) is 0 Å². The quantitative estimate of drug-likeness (QED) is 0.481. The van der Waals surface area contributed by atoms with Crippen LogP contribution in [0.15, 0.2) is 53.4 Å². The predicted octanol–water partition coefficient (Wildman–Crippen LogP) is 3.75. The lowest BCUT2D eigenvalue weighted by Crippen LogP contribution is -2.47. The molecule has 2 N–H and O–H groups in total. The van der Waals surface area contributed by atoms with Crippen LogP contribution >= 0.6 is 11.6 Å². The zero-order valence-corrected chi connectivity index (χ0v) is 19.4. The molecule has 9 heteroatoms. The summed E-state index contributed by atoms with van der Waals surface area (Å²) >= 11 is 5.95. The summed E-state index contributed by atoms with van der Waals surface area (Å²) in [5.41, 5.74) is 6.75. The van der Waals surface area contributed by atoms with Gasteiger partial charge in [-0.1, -0.05) is 43.0 Å². The normalized spacial score (nSPS) is 19.3. The van der Waals surface area contributed by atoms with Crippen molar-refractivity contribution >= 4 is 33.5 Å². The summed E-state index contributed by atoms with van der Waals surface area (Å²) < 4.78 is 33.5. The van der Waals surface area contributed by atoms with E-state index in [0.717, 1.165) is 19.3 Å². The van der Waals surface area contributed by atoms with E-state index in [1.54, 1.807) is 24.3 Å². The lowest BCUT2D eigenvalue weighted by atomic mass is 9.93. The van der Waals surface area contributed by atoms with E-state index in [1.807, 2.05) is 0 Å². The number of sulfonamides is 1. The Kier molecular flexibility index (Phi) is 7.92. The van der Waals surface area contributed by atoms with E-state index >= 15 is 0 Å². The number of methoxy groups -OCH3 is 1. The molecule has 1 aliphatic carbocycles. The number of nitrogens with zero attached hydrogens (tertiary/aromatic N) is 1.